The average molecular weight is 187 g/mol. The van der Waals surface area contributed by atoms with Gasteiger partial charge < -0.3 is 4.57 Å². The van der Waals surface area contributed by atoms with E-state index in [-0.39, 0.29) is 0 Å². The number of rotatable bonds is 0. The Kier molecular flexibility index (Phi) is 1.76. The van der Waals surface area contributed by atoms with Gasteiger partial charge in [0.05, 0.1) is 0 Å². The van der Waals surface area contributed by atoms with E-state index in [1.54, 1.807) is 0 Å². The van der Waals surface area contributed by atoms with Gasteiger partial charge in [-0.3, -0.25) is 0 Å². The molecule has 3 nitrogen and oxygen atoms in total. The fraction of sp³-hybridized carbons (Fsp3) is 0.455. The van der Waals surface area contributed by atoms with E-state index in [4.69, 9.17) is 0 Å². The second-order valence-corrected chi connectivity index (χ2v) is 3.84. The summed E-state index contributed by atoms with van der Waals surface area (Å²) in [5.74, 6) is 1.22. The Morgan fingerprint density at radius 3 is 3.21 bits per heavy atom. The normalized spacial score (nSPS) is 16.6. The van der Waals surface area contributed by atoms with Crippen molar-refractivity contribution in [2.45, 2.75) is 32.2 Å². The van der Waals surface area contributed by atoms with Crippen LogP contribution in [-0.4, -0.2) is 14.5 Å². The first-order chi connectivity index (χ1) is 6.95. The summed E-state index contributed by atoms with van der Waals surface area (Å²) in [4.78, 5) is 9.01. The minimum atomic E-state index is 1.05. The molecule has 2 aromatic rings. The highest BCUT2D eigenvalue weighted by Crippen LogP contribution is 2.19. The molecule has 3 heteroatoms. The quantitative estimate of drug-likeness (QED) is 0.632. The van der Waals surface area contributed by atoms with Crippen LogP contribution < -0.4 is 0 Å². The molecule has 0 saturated carbocycles. The largest absolute Gasteiger partial charge is 0.313 e. The summed E-state index contributed by atoms with van der Waals surface area (Å²) >= 11 is 0. The van der Waals surface area contributed by atoms with Crippen LogP contribution in [0.4, 0.5) is 0 Å². The molecular weight excluding hydrogens is 174 g/mol. The summed E-state index contributed by atoms with van der Waals surface area (Å²) in [7, 11) is 0. The van der Waals surface area contributed by atoms with Crippen LogP contribution in [0, 0.1) is 0 Å². The number of imidazole rings is 1. The highest BCUT2D eigenvalue weighted by Gasteiger charge is 2.13. The van der Waals surface area contributed by atoms with Gasteiger partial charge in [-0.25, -0.2) is 9.97 Å². The van der Waals surface area contributed by atoms with Crippen molar-refractivity contribution in [3.8, 4) is 0 Å². The van der Waals surface area contributed by atoms with Crippen molar-refractivity contribution in [1.29, 1.82) is 0 Å². The molecule has 72 valence electrons. The van der Waals surface area contributed by atoms with Crippen LogP contribution in [0.2, 0.25) is 0 Å². The number of pyridine rings is 1. The first-order valence-electron chi connectivity index (χ1n) is 5.25. The molecule has 0 amide bonds. The van der Waals surface area contributed by atoms with Crippen LogP contribution in [0.15, 0.2) is 18.3 Å². The maximum atomic E-state index is 4.61. The van der Waals surface area contributed by atoms with Crippen molar-refractivity contribution in [2.75, 3.05) is 0 Å². The van der Waals surface area contributed by atoms with Gasteiger partial charge in [0.1, 0.15) is 11.3 Å². The Morgan fingerprint density at radius 1 is 1.21 bits per heavy atom. The van der Waals surface area contributed by atoms with Crippen LogP contribution >= 0.6 is 0 Å². The zero-order valence-corrected chi connectivity index (χ0v) is 8.11. The van der Waals surface area contributed by atoms with Gasteiger partial charge in [-0.05, 0) is 25.0 Å². The number of nitrogens with zero attached hydrogens (tertiary/aromatic N) is 3. The maximum Gasteiger partial charge on any atom is 0.159 e. The minimum Gasteiger partial charge on any atom is -0.313 e. The Hall–Kier alpha value is -1.38. The maximum absolute atomic E-state index is 4.61. The number of aryl methyl sites for hydroxylation is 2. The van der Waals surface area contributed by atoms with Crippen LogP contribution in [0.3, 0.4) is 0 Å². The van der Waals surface area contributed by atoms with Gasteiger partial charge in [0.25, 0.3) is 0 Å². The van der Waals surface area contributed by atoms with E-state index in [9.17, 15) is 0 Å². The summed E-state index contributed by atoms with van der Waals surface area (Å²) in [6, 6.07) is 4.00. The van der Waals surface area contributed by atoms with Gasteiger partial charge in [0, 0.05) is 19.2 Å². The zero-order chi connectivity index (χ0) is 9.38. The molecule has 2 aromatic heterocycles. The smallest absolute Gasteiger partial charge is 0.159 e. The molecule has 0 N–H and O–H groups in total. The molecule has 0 fully saturated rings. The first-order valence-corrected chi connectivity index (χ1v) is 5.25. The number of fused-ring (bicyclic) bond motifs is 3. The van der Waals surface area contributed by atoms with Crippen molar-refractivity contribution in [1.82, 2.24) is 14.5 Å². The second-order valence-electron chi connectivity index (χ2n) is 3.84. The lowest BCUT2D eigenvalue weighted by atomic mass is 10.2. The Morgan fingerprint density at radius 2 is 2.21 bits per heavy atom. The van der Waals surface area contributed by atoms with E-state index in [0.29, 0.717) is 0 Å². The summed E-state index contributed by atoms with van der Waals surface area (Å²) in [5.41, 5.74) is 2.11. The molecule has 3 heterocycles. The molecule has 0 atom stereocenters. The Labute approximate surface area is 82.8 Å². The molecule has 0 bridgehead atoms. The third kappa shape index (κ3) is 1.12. The first kappa shape index (κ1) is 7.97. The standard InChI is InChI=1S/C11H13N3/c1-2-6-10-13-9-5-4-7-12-11(9)14(10)8-3-1/h4-5,7H,1-3,6,8H2. The van der Waals surface area contributed by atoms with Crippen molar-refractivity contribution < 1.29 is 0 Å². The molecule has 0 radical (unpaired) electrons. The van der Waals surface area contributed by atoms with Crippen molar-refractivity contribution >= 4 is 11.2 Å². The molecule has 0 saturated heterocycles. The average Bonchev–Trinajstić information content (AvgIpc) is 2.42. The third-order valence-electron chi connectivity index (χ3n) is 2.86. The van der Waals surface area contributed by atoms with E-state index in [1.165, 1.54) is 25.1 Å². The molecule has 0 aliphatic carbocycles. The molecule has 1 aliphatic rings. The summed E-state index contributed by atoms with van der Waals surface area (Å²) < 4.78 is 2.28. The van der Waals surface area contributed by atoms with Gasteiger partial charge in [0.2, 0.25) is 0 Å². The van der Waals surface area contributed by atoms with E-state index in [2.05, 4.69) is 14.5 Å². The fourth-order valence-electron chi connectivity index (χ4n) is 2.16. The van der Waals surface area contributed by atoms with Crippen molar-refractivity contribution in [3.05, 3.63) is 24.2 Å². The lowest BCUT2D eigenvalue weighted by Gasteiger charge is -2.01. The summed E-state index contributed by atoms with van der Waals surface area (Å²) in [6.45, 7) is 1.09. The molecule has 0 unspecified atom stereocenters. The lowest BCUT2D eigenvalue weighted by Crippen LogP contribution is -2.00. The Bertz CT molecular complexity index is 459. The van der Waals surface area contributed by atoms with Crippen LogP contribution in [0.25, 0.3) is 11.2 Å². The van der Waals surface area contributed by atoms with Gasteiger partial charge in [-0.2, -0.15) is 0 Å². The van der Waals surface area contributed by atoms with Gasteiger partial charge in [-0.1, -0.05) is 6.42 Å². The van der Waals surface area contributed by atoms with Crippen molar-refractivity contribution in [2.24, 2.45) is 0 Å². The Balaban J connectivity index is 2.24. The zero-order valence-electron chi connectivity index (χ0n) is 8.11. The van der Waals surface area contributed by atoms with Gasteiger partial charge in [-0.15, -0.1) is 0 Å². The molecule has 0 spiro atoms. The highest BCUT2D eigenvalue weighted by molar-refractivity contribution is 5.71. The third-order valence-corrected chi connectivity index (χ3v) is 2.86. The number of hydrogen-bond donors (Lipinski definition) is 0. The van der Waals surface area contributed by atoms with Crippen LogP contribution in [-0.2, 0) is 13.0 Å². The monoisotopic (exact) mass is 187 g/mol. The van der Waals surface area contributed by atoms with E-state index in [0.717, 1.165) is 24.1 Å². The van der Waals surface area contributed by atoms with Crippen molar-refractivity contribution in [3.63, 3.8) is 0 Å². The highest BCUT2D eigenvalue weighted by atomic mass is 15.1. The molecule has 0 aromatic carbocycles. The lowest BCUT2D eigenvalue weighted by molar-refractivity contribution is 0.644. The molecular formula is C11H13N3. The predicted octanol–water partition coefficient (Wildman–Crippen LogP) is 2.16. The number of hydrogen-bond acceptors (Lipinski definition) is 2. The topological polar surface area (TPSA) is 30.7 Å². The van der Waals surface area contributed by atoms with E-state index in [1.807, 2.05) is 18.3 Å². The predicted molar refractivity (Wildman–Crippen MR) is 55.1 cm³/mol. The molecule has 3 rings (SSSR count). The summed E-state index contributed by atoms with van der Waals surface area (Å²) in [6.07, 6.45) is 6.80. The van der Waals surface area contributed by atoms with E-state index >= 15 is 0 Å². The summed E-state index contributed by atoms with van der Waals surface area (Å²) in [5, 5.41) is 0. The SMILES string of the molecule is c1cnc2c(c1)nc1n2CCCCC1. The van der Waals surface area contributed by atoms with E-state index < -0.39 is 0 Å². The molecule has 14 heavy (non-hydrogen) atoms. The van der Waals surface area contributed by atoms with Gasteiger partial charge >= 0.3 is 0 Å². The molecule has 1 aliphatic heterocycles. The van der Waals surface area contributed by atoms with Gasteiger partial charge in [0.15, 0.2) is 5.65 Å². The second kappa shape index (κ2) is 3.08. The fourth-order valence-corrected chi connectivity index (χ4v) is 2.16. The van der Waals surface area contributed by atoms with Crippen LogP contribution in [0.5, 0.6) is 0 Å². The number of aromatic nitrogens is 3. The van der Waals surface area contributed by atoms with Crippen LogP contribution in [0.1, 0.15) is 25.1 Å². The minimum absolute atomic E-state index is 1.05.